The molecule has 1 aliphatic rings. The van der Waals surface area contributed by atoms with Crippen LogP contribution in [0.1, 0.15) is 30.9 Å². The van der Waals surface area contributed by atoms with E-state index in [1.54, 1.807) is 25.1 Å². The minimum Gasteiger partial charge on any atom is -0.485 e. The van der Waals surface area contributed by atoms with E-state index in [1.165, 1.54) is 0 Å². The summed E-state index contributed by atoms with van der Waals surface area (Å²) in [5.74, 6) is 0.885. The summed E-state index contributed by atoms with van der Waals surface area (Å²) < 4.78 is 11.8. The van der Waals surface area contributed by atoms with E-state index in [1.807, 2.05) is 49.4 Å². The van der Waals surface area contributed by atoms with E-state index in [4.69, 9.17) is 32.7 Å². The molecule has 3 aromatic carbocycles. The maximum absolute atomic E-state index is 13.3. The fourth-order valence-electron chi connectivity index (χ4n) is 3.90. The average Bonchev–Trinajstić information content (AvgIpc) is 2.78. The summed E-state index contributed by atoms with van der Waals surface area (Å²) in [6, 6.07) is 23.0. The maximum Gasteiger partial charge on any atom is 0.267 e. The summed E-state index contributed by atoms with van der Waals surface area (Å²) >= 11 is 12.1. The molecule has 0 saturated carbocycles. The molecule has 166 valence electrons. The Hall–Kier alpha value is -2.69. The van der Waals surface area contributed by atoms with Crippen LogP contribution in [0.25, 0.3) is 0 Å². The van der Waals surface area contributed by atoms with E-state index in [0.717, 1.165) is 17.5 Å². The number of rotatable bonds is 6. The van der Waals surface area contributed by atoms with Crippen LogP contribution in [0.15, 0.2) is 72.8 Å². The van der Waals surface area contributed by atoms with Crippen LogP contribution < -0.4 is 14.8 Å². The predicted octanol–water partition coefficient (Wildman–Crippen LogP) is 6.05. The van der Waals surface area contributed by atoms with Gasteiger partial charge in [-0.15, -0.1) is 0 Å². The molecule has 4 rings (SSSR count). The molecule has 1 N–H and O–H groups in total. The number of amides is 1. The van der Waals surface area contributed by atoms with E-state index in [2.05, 4.69) is 17.4 Å². The van der Waals surface area contributed by atoms with Gasteiger partial charge in [0, 0.05) is 28.1 Å². The molecule has 0 spiro atoms. The van der Waals surface area contributed by atoms with Crippen LogP contribution in [0.5, 0.6) is 11.5 Å². The third-order valence-electron chi connectivity index (χ3n) is 5.78. The van der Waals surface area contributed by atoms with Crippen molar-refractivity contribution in [3.63, 3.8) is 0 Å². The van der Waals surface area contributed by atoms with Crippen molar-refractivity contribution in [1.82, 2.24) is 5.32 Å². The van der Waals surface area contributed by atoms with Crippen molar-refractivity contribution < 1.29 is 14.3 Å². The Bertz CT molecular complexity index is 1090. The van der Waals surface area contributed by atoms with Crippen molar-refractivity contribution in [2.24, 2.45) is 0 Å². The molecule has 0 saturated heterocycles. The number of hydrogen-bond donors (Lipinski definition) is 1. The summed E-state index contributed by atoms with van der Waals surface area (Å²) in [5, 5.41) is 4.39. The number of nitrogens with one attached hydrogen (secondary N) is 1. The van der Waals surface area contributed by atoms with E-state index < -0.39 is 5.60 Å². The van der Waals surface area contributed by atoms with Crippen LogP contribution in [0.3, 0.4) is 0 Å². The molecule has 32 heavy (non-hydrogen) atoms. The first-order valence-corrected chi connectivity index (χ1v) is 11.3. The topological polar surface area (TPSA) is 47.6 Å². The summed E-state index contributed by atoms with van der Waals surface area (Å²) in [6.07, 6.45) is 0.759. The van der Waals surface area contributed by atoms with Gasteiger partial charge in [-0.1, -0.05) is 65.7 Å². The zero-order valence-electron chi connectivity index (χ0n) is 18.0. The minimum absolute atomic E-state index is 0.0659. The van der Waals surface area contributed by atoms with E-state index >= 15 is 0 Å². The second-order valence-electron chi connectivity index (χ2n) is 8.32. The molecule has 6 heteroatoms. The van der Waals surface area contributed by atoms with Gasteiger partial charge >= 0.3 is 0 Å². The van der Waals surface area contributed by atoms with E-state index in [9.17, 15) is 4.79 Å². The molecular formula is C26H25Cl2NO3. The SMILES string of the molecule is CC(NC(=O)C1(C)COc2ccc(Cl)cc2O1)C(Cc1ccc(Cl)cc1)c1ccccc1. The van der Waals surface area contributed by atoms with Gasteiger partial charge < -0.3 is 14.8 Å². The zero-order chi connectivity index (χ0) is 22.7. The van der Waals surface area contributed by atoms with Gasteiger partial charge in [-0.25, -0.2) is 0 Å². The van der Waals surface area contributed by atoms with Crippen LogP contribution in [0.2, 0.25) is 10.0 Å². The van der Waals surface area contributed by atoms with Crippen molar-refractivity contribution in [2.45, 2.75) is 37.8 Å². The predicted molar refractivity (Wildman–Crippen MR) is 128 cm³/mol. The van der Waals surface area contributed by atoms with Crippen molar-refractivity contribution in [2.75, 3.05) is 6.61 Å². The largest absolute Gasteiger partial charge is 0.485 e. The van der Waals surface area contributed by atoms with Gasteiger partial charge in [-0.2, -0.15) is 0 Å². The minimum atomic E-state index is -1.16. The summed E-state index contributed by atoms with van der Waals surface area (Å²) in [4.78, 5) is 13.3. The normalized spacial score (nSPS) is 19.1. The third kappa shape index (κ3) is 5.03. The number of ether oxygens (including phenoxy) is 2. The first kappa shape index (κ1) is 22.5. The quantitative estimate of drug-likeness (QED) is 0.477. The molecular weight excluding hydrogens is 445 g/mol. The van der Waals surface area contributed by atoms with Crippen molar-refractivity contribution >= 4 is 29.1 Å². The van der Waals surface area contributed by atoms with Crippen molar-refractivity contribution in [3.05, 3.63) is 94.0 Å². The molecule has 4 nitrogen and oxygen atoms in total. The van der Waals surface area contributed by atoms with Crippen LogP contribution in [-0.4, -0.2) is 24.2 Å². The highest BCUT2D eigenvalue weighted by atomic mass is 35.5. The number of carbonyl (C=O) groups is 1. The molecule has 0 aliphatic carbocycles. The number of hydrogen-bond acceptors (Lipinski definition) is 3. The fourth-order valence-corrected chi connectivity index (χ4v) is 4.19. The average molecular weight is 470 g/mol. The summed E-state index contributed by atoms with van der Waals surface area (Å²) in [6.45, 7) is 3.87. The lowest BCUT2D eigenvalue weighted by molar-refractivity contribution is -0.140. The Morgan fingerprint density at radius 1 is 1.00 bits per heavy atom. The highest BCUT2D eigenvalue weighted by Crippen LogP contribution is 2.37. The molecule has 3 aromatic rings. The van der Waals surface area contributed by atoms with Gasteiger partial charge in [0.05, 0.1) is 0 Å². The molecule has 0 bridgehead atoms. The van der Waals surface area contributed by atoms with Gasteiger partial charge in [0.25, 0.3) is 5.91 Å². The van der Waals surface area contributed by atoms with Crippen molar-refractivity contribution in [3.8, 4) is 11.5 Å². The molecule has 1 heterocycles. The molecule has 0 radical (unpaired) electrons. The molecule has 1 amide bonds. The lowest BCUT2D eigenvalue weighted by Crippen LogP contribution is -2.57. The summed E-state index contributed by atoms with van der Waals surface area (Å²) in [7, 11) is 0. The van der Waals surface area contributed by atoms with Gasteiger partial charge in [0.1, 0.15) is 6.61 Å². The first-order valence-electron chi connectivity index (χ1n) is 10.6. The molecule has 0 aromatic heterocycles. The van der Waals surface area contributed by atoms with Gasteiger partial charge in [0.2, 0.25) is 5.60 Å². The Labute approximate surface area is 198 Å². The second-order valence-corrected chi connectivity index (χ2v) is 9.20. The second kappa shape index (κ2) is 9.43. The van der Waals surface area contributed by atoms with Crippen LogP contribution in [0, 0.1) is 0 Å². The molecule has 1 aliphatic heterocycles. The Morgan fingerprint density at radius 3 is 2.41 bits per heavy atom. The number of halogens is 2. The lowest BCUT2D eigenvalue weighted by atomic mass is 9.86. The van der Waals surface area contributed by atoms with Crippen molar-refractivity contribution in [1.29, 1.82) is 0 Å². The van der Waals surface area contributed by atoms with Gasteiger partial charge in [-0.3, -0.25) is 4.79 Å². The van der Waals surface area contributed by atoms with Gasteiger partial charge in [-0.05, 0) is 55.7 Å². The first-order chi connectivity index (χ1) is 15.3. The summed E-state index contributed by atoms with van der Waals surface area (Å²) in [5.41, 5.74) is 1.14. The monoisotopic (exact) mass is 469 g/mol. The highest BCUT2D eigenvalue weighted by Gasteiger charge is 2.42. The molecule has 3 atom stereocenters. The highest BCUT2D eigenvalue weighted by molar-refractivity contribution is 6.31. The molecule has 3 unspecified atom stereocenters. The van der Waals surface area contributed by atoms with Crippen LogP contribution in [0.4, 0.5) is 0 Å². The number of benzene rings is 3. The smallest absolute Gasteiger partial charge is 0.267 e. The Morgan fingerprint density at radius 2 is 1.69 bits per heavy atom. The third-order valence-corrected chi connectivity index (χ3v) is 6.27. The Balaban J connectivity index is 1.53. The number of fused-ring (bicyclic) bond motifs is 1. The molecule has 0 fully saturated rings. The number of carbonyl (C=O) groups excluding carboxylic acids is 1. The van der Waals surface area contributed by atoms with Gasteiger partial charge in [0.15, 0.2) is 11.5 Å². The van der Waals surface area contributed by atoms with E-state index in [-0.39, 0.29) is 24.5 Å². The van der Waals surface area contributed by atoms with Crippen LogP contribution in [-0.2, 0) is 11.2 Å². The Kier molecular flexibility index (Phi) is 6.63. The fraction of sp³-hybridized carbons (Fsp3) is 0.269. The lowest BCUT2D eigenvalue weighted by Gasteiger charge is -2.36. The zero-order valence-corrected chi connectivity index (χ0v) is 19.5. The standard InChI is InChI=1S/C26H25Cl2NO3/c1-17(22(19-6-4-3-5-7-19)14-18-8-10-20(27)11-9-18)29-25(30)26(2)16-31-23-13-12-21(28)15-24(23)32-26/h3-13,15,17,22H,14,16H2,1-2H3,(H,29,30). The maximum atomic E-state index is 13.3. The van der Waals surface area contributed by atoms with E-state index in [0.29, 0.717) is 21.5 Å². The van der Waals surface area contributed by atoms with Crippen LogP contribution >= 0.6 is 23.2 Å².